The third-order valence-corrected chi connectivity index (χ3v) is 4.24. The van der Waals surface area contributed by atoms with Gasteiger partial charge in [0.05, 0.1) is 7.11 Å². The summed E-state index contributed by atoms with van der Waals surface area (Å²) >= 11 is 9.67. The first-order valence-corrected chi connectivity index (χ1v) is 8.61. The zero-order valence-electron chi connectivity index (χ0n) is 13.4. The average Bonchev–Trinajstić information content (AvgIpc) is 2.60. The van der Waals surface area contributed by atoms with Gasteiger partial charge < -0.3 is 15.2 Å². The summed E-state index contributed by atoms with van der Waals surface area (Å²) in [6.07, 6.45) is 0.520. The van der Waals surface area contributed by atoms with Crippen LogP contribution in [0.25, 0.3) is 0 Å². The van der Waals surface area contributed by atoms with E-state index in [0.717, 1.165) is 10.0 Å². The fraction of sp³-hybridized carbons (Fsp3) is 0.111. The molecule has 2 N–H and O–H groups in total. The van der Waals surface area contributed by atoms with Crippen molar-refractivity contribution in [2.24, 2.45) is 0 Å². The minimum atomic E-state index is 0.158. The molecule has 5 nitrogen and oxygen atoms in total. The van der Waals surface area contributed by atoms with E-state index >= 15 is 0 Å². The Bertz CT molecular complexity index is 865. The summed E-state index contributed by atoms with van der Waals surface area (Å²) in [5, 5.41) is 0.158. The van der Waals surface area contributed by atoms with E-state index in [1.807, 2.05) is 36.4 Å². The minimum absolute atomic E-state index is 0.158. The van der Waals surface area contributed by atoms with Crippen LogP contribution in [0.15, 0.2) is 53.0 Å². The molecule has 0 unspecified atom stereocenters. The van der Waals surface area contributed by atoms with E-state index in [-0.39, 0.29) is 16.7 Å². The first kappa shape index (κ1) is 17.5. The normalized spacial score (nSPS) is 10.5. The Hall–Kier alpha value is -2.31. The maximum atomic E-state index is 6.27. The summed E-state index contributed by atoms with van der Waals surface area (Å²) < 4.78 is 12.0. The van der Waals surface area contributed by atoms with E-state index < -0.39 is 0 Å². The van der Waals surface area contributed by atoms with Gasteiger partial charge in [-0.25, -0.2) is 9.97 Å². The topological polar surface area (TPSA) is 70.3 Å². The van der Waals surface area contributed by atoms with Crippen LogP contribution in [0.1, 0.15) is 11.4 Å². The smallest absolute Gasteiger partial charge is 0.206 e. The van der Waals surface area contributed by atoms with Crippen LogP contribution in [-0.4, -0.2) is 17.1 Å². The lowest BCUT2D eigenvalue weighted by Crippen LogP contribution is -2.04. The number of hydrogen-bond donors (Lipinski definition) is 1. The van der Waals surface area contributed by atoms with Gasteiger partial charge in [-0.1, -0.05) is 51.8 Å². The molecule has 0 bridgehead atoms. The number of methoxy groups -OCH3 is 1. The van der Waals surface area contributed by atoms with Gasteiger partial charge in [0, 0.05) is 10.9 Å². The lowest BCUT2D eigenvalue weighted by atomic mass is 10.1. The van der Waals surface area contributed by atoms with Crippen molar-refractivity contribution in [3.63, 3.8) is 0 Å². The number of halogens is 2. The Kier molecular flexibility index (Phi) is 5.40. The first-order chi connectivity index (χ1) is 12.1. The summed E-state index contributed by atoms with van der Waals surface area (Å²) in [5.74, 6) is 1.97. The summed E-state index contributed by atoms with van der Waals surface area (Å²) in [4.78, 5) is 8.61. The Balaban J connectivity index is 1.86. The fourth-order valence-electron chi connectivity index (χ4n) is 2.26. The molecule has 128 valence electrons. The van der Waals surface area contributed by atoms with Crippen LogP contribution in [0.4, 0.5) is 5.82 Å². The van der Waals surface area contributed by atoms with Crippen molar-refractivity contribution in [3.05, 3.63) is 69.5 Å². The predicted molar refractivity (Wildman–Crippen MR) is 101 cm³/mol. The Morgan fingerprint density at radius 2 is 1.72 bits per heavy atom. The van der Waals surface area contributed by atoms with Gasteiger partial charge in [-0.05, 0) is 29.8 Å². The van der Waals surface area contributed by atoms with Gasteiger partial charge in [0.2, 0.25) is 5.75 Å². The molecule has 0 fully saturated rings. The number of aromatic nitrogens is 2. The maximum absolute atomic E-state index is 6.27. The van der Waals surface area contributed by atoms with Crippen LogP contribution in [-0.2, 0) is 6.42 Å². The molecule has 1 heterocycles. The molecule has 2 aromatic carbocycles. The summed E-state index contributed by atoms with van der Waals surface area (Å²) in [7, 11) is 1.56. The van der Waals surface area contributed by atoms with Crippen molar-refractivity contribution in [1.82, 2.24) is 9.97 Å². The van der Waals surface area contributed by atoms with E-state index in [1.165, 1.54) is 0 Å². The number of hydrogen-bond acceptors (Lipinski definition) is 5. The number of anilines is 1. The number of para-hydroxylation sites is 2. The number of rotatable bonds is 5. The highest BCUT2D eigenvalue weighted by Crippen LogP contribution is 2.37. The minimum Gasteiger partial charge on any atom is -0.493 e. The molecule has 0 atom stereocenters. The molecular formula is C18H15BrClN3O2. The van der Waals surface area contributed by atoms with Crippen LogP contribution in [0.3, 0.4) is 0 Å². The van der Waals surface area contributed by atoms with Crippen LogP contribution in [0.2, 0.25) is 5.15 Å². The molecule has 0 saturated heterocycles. The van der Waals surface area contributed by atoms with Gasteiger partial charge in [-0.3, -0.25) is 0 Å². The Morgan fingerprint density at radius 1 is 1.04 bits per heavy atom. The predicted octanol–water partition coefficient (Wildman–Crippen LogP) is 4.87. The lowest BCUT2D eigenvalue weighted by molar-refractivity contribution is 0.378. The molecule has 25 heavy (non-hydrogen) atoms. The van der Waals surface area contributed by atoms with Gasteiger partial charge in [0.15, 0.2) is 22.5 Å². The highest BCUT2D eigenvalue weighted by Gasteiger charge is 2.15. The lowest BCUT2D eigenvalue weighted by Gasteiger charge is -2.13. The average molecular weight is 421 g/mol. The SMILES string of the molecule is COc1ccccc1Oc1c(N)nc(Cc2ccc(Br)cc2)nc1Cl. The highest BCUT2D eigenvalue weighted by atomic mass is 79.9. The Labute approximate surface area is 158 Å². The van der Waals surface area contributed by atoms with Crippen molar-refractivity contribution < 1.29 is 9.47 Å². The molecule has 0 aliphatic rings. The van der Waals surface area contributed by atoms with Gasteiger partial charge in [0.1, 0.15) is 5.82 Å². The largest absolute Gasteiger partial charge is 0.493 e. The van der Waals surface area contributed by atoms with Crippen molar-refractivity contribution in [2.45, 2.75) is 6.42 Å². The van der Waals surface area contributed by atoms with Crippen LogP contribution in [0.5, 0.6) is 17.2 Å². The summed E-state index contributed by atoms with van der Waals surface area (Å²) in [5.41, 5.74) is 7.08. The van der Waals surface area contributed by atoms with E-state index in [9.17, 15) is 0 Å². The maximum Gasteiger partial charge on any atom is 0.206 e. The number of nitrogen functional groups attached to an aromatic ring is 1. The van der Waals surface area contributed by atoms with E-state index in [2.05, 4.69) is 25.9 Å². The zero-order valence-corrected chi connectivity index (χ0v) is 15.7. The van der Waals surface area contributed by atoms with E-state index in [0.29, 0.717) is 23.7 Å². The molecule has 0 aliphatic carbocycles. The van der Waals surface area contributed by atoms with Gasteiger partial charge >= 0.3 is 0 Å². The number of nitrogens with zero attached hydrogens (tertiary/aromatic N) is 2. The second kappa shape index (κ2) is 7.72. The molecule has 3 aromatic rings. The van der Waals surface area contributed by atoms with Gasteiger partial charge in [-0.2, -0.15) is 0 Å². The standard InChI is InChI=1S/C18H15BrClN3O2/c1-24-13-4-2-3-5-14(13)25-16-17(20)22-15(23-18(16)21)10-11-6-8-12(19)9-7-11/h2-9H,10H2,1H3,(H2,21,22,23). The van der Waals surface area contributed by atoms with Crippen molar-refractivity contribution in [3.8, 4) is 17.2 Å². The number of benzene rings is 2. The zero-order chi connectivity index (χ0) is 17.8. The van der Waals surface area contributed by atoms with Gasteiger partial charge in [0.25, 0.3) is 0 Å². The third kappa shape index (κ3) is 4.21. The number of ether oxygens (including phenoxy) is 2. The molecule has 7 heteroatoms. The van der Waals surface area contributed by atoms with E-state index in [1.54, 1.807) is 19.2 Å². The highest BCUT2D eigenvalue weighted by molar-refractivity contribution is 9.10. The van der Waals surface area contributed by atoms with Gasteiger partial charge in [-0.15, -0.1) is 0 Å². The van der Waals surface area contributed by atoms with Crippen molar-refractivity contribution in [1.29, 1.82) is 0 Å². The summed E-state index contributed by atoms with van der Waals surface area (Å²) in [6, 6.07) is 15.1. The van der Waals surface area contributed by atoms with Crippen LogP contribution in [0, 0.1) is 0 Å². The number of nitrogens with two attached hydrogens (primary N) is 1. The molecule has 1 aromatic heterocycles. The fourth-order valence-corrected chi connectivity index (χ4v) is 2.75. The molecular weight excluding hydrogens is 406 g/mol. The second-order valence-corrected chi connectivity index (χ2v) is 6.47. The third-order valence-electron chi connectivity index (χ3n) is 3.45. The van der Waals surface area contributed by atoms with E-state index in [4.69, 9.17) is 26.8 Å². The van der Waals surface area contributed by atoms with Crippen LogP contribution < -0.4 is 15.2 Å². The van der Waals surface area contributed by atoms with Crippen LogP contribution >= 0.6 is 27.5 Å². The molecule has 0 aliphatic heterocycles. The molecule has 0 radical (unpaired) electrons. The molecule has 0 saturated carbocycles. The monoisotopic (exact) mass is 419 g/mol. The first-order valence-electron chi connectivity index (χ1n) is 7.44. The quantitative estimate of drug-likeness (QED) is 0.597. The van der Waals surface area contributed by atoms with Crippen molar-refractivity contribution >= 4 is 33.3 Å². The molecule has 0 spiro atoms. The van der Waals surface area contributed by atoms with Crippen molar-refractivity contribution in [2.75, 3.05) is 12.8 Å². The summed E-state index contributed by atoms with van der Waals surface area (Å²) in [6.45, 7) is 0. The molecule has 3 rings (SSSR count). The Morgan fingerprint density at radius 3 is 2.36 bits per heavy atom. The second-order valence-electron chi connectivity index (χ2n) is 5.20. The molecule has 0 amide bonds.